The summed E-state index contributed by atoms with van der Waals surface area (Å²) in [6, 6.07) is 13.9. The fourth-order valence-electron chi connectivity index (χ4n) is 2.26. The molecule has 0 aliphatic carbocycles. The van der Waals surface area contributed by atoms with Gasteiger partial charge in [-0.2, -0.15) is 0 Å². The van der Waals surface area contributed by atoms with Gasteiger partial charge in [0.15, 0.2) is 0 Å². The molecule has 1 amide bonds. The van der Waals surface area contributed by atoms with Gasteiger partial charge in [0.2, 0.25) is 11.6 Å². The van der Waals surface area contributed by atoms with Crippen molar-refractivity contribution in [3.8, 4) is 11.4 Å². The molecule has 2 N–H and O–H groups in total. The van der Waals surface area contributed by atoms with Gasteiger partial charge in [0.1, 0.15) is 5.75 Å². The summed E-state index contributed by atoms with van der Waals surface area (Å²) >= 11 is 6.94. The van der Waals surface area contributed by atoms with Gasteiger partial charge >= 0.3 is 10.7 Å². The fourth-order valence-corrected chi connectivity index (χ4v) is 3.28. The van der Waals surface area contributed by atoms with Crippen LogP contribution >= 0.6 is 23.4 Å². The third-order valence-electron chi connectivity index (χ3n) is 3.71. The maximum Gasteiger partial charge on any atom is 0.442 e. The largest absolute Gasteiger partial charge is 0.497 e. The first kappa shape index (κ1) is 19.1. The van der Waals surface area contributed by atoms with Crippen LogP contribution in [0.5, 0.6) is 5.75 Å². The molecule has 0 bridgehead atoms. The van der Waals surface area contributed by atoms with E-state index in [1.54, 1.807) is 62.6 Å². The summed E-state index contributed by atoms with van der Waals surface area (Å²) in [5.41, 5.74) is 0.748. The highest BCUT2D eigenvalue weighted by molar-refractivity contribution is 8.00. The van der Waals surface area contributed by atoms with Crippen molar-refractivity contribution in [2.24, 2.45) is 0 Å². The minimum atomic E-state index is -0.554. The number of nitrogens with one attached hydrogen (secondary N) is 2. The van der Waals surface area contributed by atoms with Crippen LogP contribution in [0.3, 0.4) is 0 Å². The maximum absolute atomic E-state index is 12.4. The topological polar surface area (TPSA) is 88.2 Å². The molecule has 0 aliphatic rings. The van der Waals surface area contributed by atoms with Gasteiger partial charge < -0.3 is 10.1 Å². The van der Waals surface area contributed by atoms with Gasteiger partial charge in [-0.05, 0) is 65.0 Å². The average molecular weight is 407 g/mol. The lowest BCUT2D eigenvalue weighted by Crippen LogP contribution is -2.37. The molecule has 0 saturated carbocycles. The van der Waals surface area contributed by atoms with Crippen molar-refractivity contribution in [1.29, 1.82) is 0 Å². The average Bonchev–Trinajstić information content (AvgIpc) is 3.04. The second-order valence-corrected chi connectivity index (χ2v) is 7.34. The van der Waals surface area contributed by atoms with Gasteiger partial charge in [-0.15, -0.1) is 0 Å². The number of aromatic amines is 1. The Hall–Kier alpha value is -2.71. The summed E-state index contributed by atoms with van der Waals surface area (Å²) in [5, 5.41) is 5.65. The monoisotopic (exact) mass is 406 g/mol. The van der Waals surface area contributed by atoms with Crippen molar-refractivity contribution in [1.82, 2.24) is 5.27 Å². The maximum atomic E-state index is 12.4. The van der Waals surface area contributed by atoms with Crippen molar-refractivity contribution in [2.75, 3.05) is 12.4 Å². The molecule has 2 aromatic carbocycles. The second-order valence-electron chi connectivity index (χ2n) is 5.58. The van der Waals surface area contributed by atoms with E-state index in [1.807, 2.05) is 0 Å². The van der Waals surface area contributed by atoms with Crippen LogP contribution < -0.4 is 20.4 Å². The summed E-state index contributed by atoms with van der Waals surface area (Å²) in [6.45, 7) is 1.71. The van der Waals surface area contributed by atoms with Crippen molar-refractivity contribution in [3.05, 3.63) is 64.0 Å². The minimum Gasteiger partial charge on any atom is -0.497 e. The predicted octanol–water partition coefficient (Wildman–Crippen LogP) is 3.03. The molecule has 0 spiro atoms. The van der Waals surface area contributed by atoms with E-state index >= 15 is 0 Å². The Bertz CT molecular complexity index is 983. The number of hydrogen-bond donors (Lipinski definition) is 2. The summed E-state index contributed by atoms with van der Waals surface area (Å²) in [4.78, 5) is 24.5. The van der Waals surface area contributed by atoms with E-state index in [1.165, 1.54) is 4.68 Å². The Kier molecular flexibility index (Phi) is 5.88. The molecular weight excluding hydrogens is 390 g/mol. The molecule has 9 heteroatoms. The molecule has 0 aliphatic heterocycles. The first-order valence-corrected chi connectivity index (χ1v) is 9.24. The van der Waals surface area contributed by atoms with Crippen LogP contribution in [0, 0.1) is 0 Å². The van der Waals surface area contributed by atoms with E-state index in [9.17, 15) is 9.59 Å². The lowest BCUT2D eigenvalue weighted by Gasteiger charge is -2.09. The number of benzene rings is 2. The quantitative estimate of drug-likeness (QED) is 0.485. The van der Waals surface area contributed by atoms with Crippen molar-refractivity contribution in [2.45, 2.75) is 17.2 Å². The smallest absolute Gasteiger partial charge is 0.442 e. The Balaban J connectivity index is 1.76. The van der Waals surface area contributed by atoms with Crippen LogP contribution in [0.4, 0.5) is 5.69 Å². The van der Waals surface area contributed by atoms with E-state index < -0.39 is 10.9 Å². The van der Waals surface area contributed by atoms with Crippen LogP contribution in [0.25, 0.3) is 5.69 Å². The number of methoxy groups -OCH3 is 1. The molecule has 27 heavy (non-hydrogen) atoms. The Labute approximate surface area is 164 Å². The molecule has 0 saturated heterocycles. The van der Waals surface area contributed by atoms with E-state index in [4.69, 9.17) is 20.9 Å². The van der Waals surface area contributed by atoms with Crippen molar-refractivity contribution in [3.63, 3.8) is 0 Å². The number of amides is 1. The van der Waals surface area contributed by atoms with Crippen LogP contribution in [0.1, 0.15) is 6.92 Å². The highest BCUT2D eigenvalue weighted by atomic mass is 35.5. The number of anilines is 1. The normalized spacial score (nSPS) is 11.8. The van der Waals surface area contributed by atoms with Crippen molar-refractivity contribution >= 4 is 35.0 Å². The molecule has 1 atom stereocenters. The number of hydrogen-bond acceptors (Lipinski definition) is 5. The molecule has 0 radical (unpaired) electrons. The summed E-state index contributed by atoms with van der Waals surface area (Å²) in [6.07, 6.45) is 0. The number of nitrogens with zero attached hydrogens (tertiary/aromatic N) is 1. The lowest BCUT2D eigenvalue weighted by atomic mass is 10.3. The van der Waals surface area contributed by atoms with Crippen LogP contribution in [-0.4, -0.2) is 23.5 Å². The molecular formula is C18H17ClN3O4S+. The zero-order chi connectivity index (χ0) is 19.4. The molecule has 140 valence electrons. The third-order valence-corrected chi connectivity index (χ3v) is 5.10. The number of ether oxygens (including phenoxy) is 1. The summed E-state index contributed by atoms with van der Waals surface area (Å²) in [7, 11) is 1.57. The van der Waals surface area contributed by atoms with Gasteiger partial charge in [0, 0.05) is 22.8 Å². The molecule has 3 rings (SSSR count). The van der Waals surface area contributed by atoms with E-state index in [0.29, 0.717) is 22.1 Å². The summed E-state index contributed by atoms with van der Waals surface area (Å²) < 4.78 is 11.5. The molecule has 7 nitrogen and oxygen atoms in total. The zero-order valence-electron chi connectivity index (χ0n) is 14.6. The fraction of sp³-hybridized carbons (Fsp3) is 0.167. The number of carbonyl (C=O) groups excluding carboxylic acids is 1. The van der Waals surface area contributed by atoms with E-state index in [0.717, 1.165) is 11.8 Å². The second kappa shape index (κ2) is 8.32. The number of halogens is 1. The van der Waals surface area contributed by atoms with Gasteiger partial charge in [-0.3, -0.25) is 9.32 Å². The predicted molar refractivity (Wildman–Crippen MR) is 103 cm³/mol. The number of H-pyrrole nitrogens is 1. The minimum absolute atomic E-state index is 0.246. The van der Waals surface area contributed by atoms with Gasteiger partial charge in [-0.1, -0.05) is 11.6 Å². The van der Waals surface area contributed by atoms with Crippen LogP contribution in [0.2, 0.25) is 5.02 Å². The number of rotatable bonds is 6. The van der Waals surface area contributed by atoms with Crippen molar-refractivity contribution < 1.29 is 18.7 Å². The Morgan fingerprint density at radius 2 is 1.89 bits per heavy atom. The van der Waals surface area contributed by atoms with Crippen LogP contribution in [0.15, 0.2) is 62.9 Å². The lowest BCUT2D eigenvalue weighted by molar-refractivity contribution is -0.704. The number of carbonyl (C=O) groups is 1. The highest BCUT2D eigenvalue weighted by Crippen LogP contribution is 2.21. The van der Waals surface area contributed by atoms with E-state index in [2.05, 4.69) is 10.6 Å². The number of thioether (sulfide) groups is 1. The molecule has 1 heterocycles. The molecule has 1 aromatic heterocycles. The Morgan fingerprint density at radius 1 is 1.22 bits per heavy atom. The standard InChI is InChI=1S/C18H16ClN3O4S/c1-11(16(23)20-13-5-3-12(19)4-6-13)27-17-18(24)26-21-22(17)14-7-9-15(25-2)10-8-14/h3-11H,1-2H3,(H-,20,21,23,24)/p+1. The zero-order valence-corrected chi connectivity index (χ0v) is 16.1. The molecule has 0 fully saturated rings. The highest BCUT2D eigenvalue weighted by Gasteiger charge is 2.29. The SMILES string of the molecule is COc1ccc(-[n+]2[nH]oc(=O)c2SC(C)C(=O)Nc2ccc(Cl)cc2)cc1. The molecule has 3 aromatic rings. The van der Waals surface area contributed by atoms with E-state index in [-0.39, 0.29) is 10.9 Å². The first-order valence-electron chi connectivity index (χ1n) is 7.99. The first-order chi connectivity index (χ1) is 13.0. The molecule has 1 unspecified atom stereocenters. The Morgan fingerprint density at radius 3 is 2.52 bits per heavy atom. The van der Waals surface area contributed by atoms with Crippen LogP contribution in [-0.2, 0) is 4.79 Å². The third kappa shape index (κ3) is 4.53. The van der Waals surface area contributed by atoms with Gasteiger partial charge in [-0.25, -0.2) is 4.79 Å². The van der Waals surface area contributed by atoms with Gasteiger partial charge in [0.05, 0.1) is 12.4 Å². The number of aromatic nitrogens is 2. The van der Waals surface area contributed by atoms with Gasteiger partial charge in [0.25, 0.3) is 0 Å². The summed E-state index contributed by atoms with van der Waals surface area (Å²) in [5.74, 6) is 0.444.